The van der Waals surface area contributed by atoms with Gasteiger partial charge in [-0.15, -0.1) is 0 Å². The Bertz CT molecular complexity index is 218. The summed E-state index contributed by atoms with van der Waals surface area (Å²) >= 11 is 0. The standard InChI is InChI=1S/C11H20N2O/c1-5-6-9(4)13-11(14)10(7-12)8(2)3/h8-10H,5-6H2,1-4H3,(H,13,14). The molecule has 0 aromatic carbocycles. The third-order valence-electron chi connectivity index (χ3n) is 2.20. The van der Waals surface area contributed by atoms with Gasteiger partial charge in [0.05, 0.1) is 6.07 Å². The zero-order valence-corrected chi connectivity index (χ0v) is 9.50. The minimum atomic E-state index is -0.519. The molecule has 0 rings (SSSR count). The third-order valence-corrected chi connectivity index (χ3v) is 2.20. The van der Waals surface area contributed by atoms with Crippen LogP contribution in [-0.4, -0.2) is 11.9 Å². The molecular weight excluding hydrogens is 176 g/mol. The number of rotatable bonds is 5. The van der Waals surface area contributed by atoms with Crippen LogP contribution in [-0.2, 0) is 4.79 Å². The molecule has 0 saturated heterocycles. The molecule has 2 unspecified atom stereocenters. The maximum atomic E-state index is 11.6. The van der Waals surface area contributed by atoms with Crippen LogP contribution >= 0.6 is 0 Å². The molecule has 0 bridgehead atoms. The van der Waals surface area contributed by atoms with Gasteiger partial charge in [-0.25, -0.2) is 0 Å². The Morgan fingerprint density at radius 1 is 1.43 bits per heavy atom. The number of nitrogens with one attached hydrogen (secondary N) is 1. The minimum Gasteiger partial charge on any atom is -0.353 e. The van der Waals surface area contributed by atoms with E-state index >= 15 is 0 Å². The molecule has 0 spiro atoms. The van der Waals surface area contributed by atoms with Crippen molar-refractivity contribution in [2.75, 3.05) is 0 Å². The van der Waals surface area contributed by atoms with E-state index in [0.29, 0.717) is 0 Å². The van der Waals surface area contributed by atoms with E-state index in [-0.39, 0.29) is 17.9 Å². The maximum absolute atomic E-state index is 11.6. The summed E-state index contributed by atoms with van der Waals surface area (Å²) in [5, 5.41) is 11.7. The zero-order chi connectivity index (χ0) is 11.1. The van der Waals surface area contributed by atoms with E-state index < -0.39 is 5.92 Å². The lowest BCUT2D eigenvalue weighted by Crippen LogP contribution is -2.38. The molecule has 80 valence electrons. The zero-order valence-electron chi connectivity index (χ0n) is 9.50. The molecule has 0 fully saturated rings. The molecule has 14 heavy (non-hydrogen) atoms. The summed E-state index contributed by atoms with van der Waals surface area (Å²) in [6.07, 6.45) is 2.00. The van der Waals surface area contributed by atoms with Gasteiger partial charge in [-0.2, -0.15) is 5.26 Å². The molecule has 0 radical (unpaired) electrons. The van der Waals surface area contributed by atoms with E-state index in [1.165, 1.54) is 0 Å². The van der Waals surface area contributed by atoms with E-state index in [1.54, 1.807) is 0 Å². The van der Waals surface area contributed by atoms with E-state index in [4.69, 9.17) is 5.26 Å². The Labute approximate surface area is 86.5 Å². The molecule has 0 heterocycles. The lowest BCUT2D eigenvalue weighted by molar-refractivity contribution is -0.125. The lowest BCUT2D eigenvalue weighted by Gasteiger charge is -2.17. The van der Waals surface area contributed by atoms with Crippen molar-refractivity contribution in [3.05, 3.63) is 0 Å². The molecule has 0 aliphatic heterocycles. The van der Waals surface area contributed by atoms with Gasteiger partial charge in [0.2, 0.25) is 5.91 Å². The van der Waals surface area contributed by atoms with E-state index in [2.05, 4.69) is 12.2 Å². The smallest absolute Gasteiger partial charge is 0.237 e. The number of amides is 1. The Morgan fingerprint density at radius 2 is 2.00 bits per heavy atom. The van der Waals surface area contributed by atoms with Crippen LogP contribution < -0.4 is 5.32 Å². The molecule has 2 atom stereocenters. The van der Waals surface area contributed by atoms with Gasteiger partial charge < -0.3 is 5.32 Å². The van der Waals surface area contributed by atoms with Crippen molar-refractivity contribution in [3.8, 4) is 6.07 Å². The van der Waals surface area contributed by atoms with Crippen molar-refractivity contribution in [1.29, 1.82) is 5.26 Å². The largest absolute Gasteiger partial charge is 0.353 e. The molecular formula is C11H20N2O. The first-order chi connectivity index (χ1) is 6.52. The highest BCUT2D eigenvalue weighted by atomic mass is 16.1. The number of hydrogen-bond donors (Lipinski definition) is 1. The van der Waals surface area contributed by atoms with Crippen LogP contribution in [0.15, 0.2) is 0 Å². The van der Waals surface area contributed by atoms with Gasteiger partial charge in [-0.1, -0.05) is 27.2 Å². The highest BCUT2D eigenvalue weighted by Gasteiger charge is 2.22. The molecule has 3 heteroatoms. The summed E-state index contributed by atoms with van der Waals surface area (Å²) in [7, 11) is 0. The minimum absolute atomic E-state index is 0.0776. The summed E-state index contributed by atoms with van der Waals surface area (Å²) in [5.74, 6) is -0.577. The van der Waals surface area contributed by atoms with Crippen LogP contribution in [0.3, 0.4) is 0 Å². The second-order valence-electron chi connectivity index (χ2n) is 4.05. The summed E-state index contributed by atoms with van der Waals surface area (Å²) in [5.41, 5.74) is 0. The Balaban J connectivity index is 4.12. The number of hydrogen-bond acceptors (Lipinski definition) is 2. The second-order valence-corrected chi connectivity index (χ2v) is 4.05. The van der Waals surface area contributed by atoms with Crippen molar-refractivity contribution in [2.45, 2.75) is 46.6 Å². The van der Waals surface area contributed by atoms with Gasteiger partial charge in [0, 0.05) is 6.04 Å². The van der Waals surface area contributed by atoms with Gasteiger partial charge in [0.15, 0.2) is 0 Å². The fourth-order valence-electron chi connectivity index (χ4n) is 1.35. The SMILES string of the molecule is CCCC(C)NC(=O)C(C#N)C(C)C. The molecule has 0 aromatic rings. The normalized spacial score (nSPS) is 14.6. The molecule has 3 nitrogen and oxygen atoms in total. The average Bonchev–Trinajstić information content (AvgIpc) is 2.04. The third kappa shape index (κ3) is 4.27. The van der Waals surface area contributed by atoms with Crippen molar-refractivity contribution >= 4 is 5.91 Å². The van der Waals surface area contributed by atoms with Crippen LogP contribution in [0.4, 0.5) is 0 Å². The summed E-state index contributed by atoms with van der Waals surface area (Å²) in [6.45, 7) is 7.82. The monoisotopic (exact) mass is 196 g/mol. The Kier molecular flexibility index (Phi) is 5.94. The number of carbonyl (C=O) groups is 1. The van der Waals surface area contributed by atoms with Crippen molar-refractivity contribution in [1.82, 2.24) is 5.32 Å². The van der Waals surface area contributed by atoms with Gasteiger partial charge in [-0.05, 0) is 19.3 Å². The van der Waals surface area contributed by atoms with E-state index in [1.807, 2.05) is 26.8 Å². The Hall–Kier alpha value is -1.04. The average molecular weight is 196 g/mol. The fourth-order valence-corrected chi connectivity index (χ4v) is 1.35. The van der Waals surface area contributed by atoms with Crippen LogP contribution in [0.5, 0.6) is 0 Å². The van der Waals surface area contributed by atoms with Gasteiger partial charge >= 0.3 is 0 Å². The highest BCUT2D eigenvalue weighted by Crippen LogP contribution is 2.10. The number of carbonyl (C=O) groups excluding carboxylic acids is 1. The van der Waals surface area contributed by atoms with Crippen molar-refractivity contribution in [3.63, 3.8) is 0 Å². The van der Waals surface area contributed by atoms with Crippen LogP contribution in [0.25, 0.3) is 0 Å². The van der Waals surface area contributed by atoms with Gasteiger partial charge in [0.1, 0.15) is 5.92 Å². The van der Waals surface area contributed by atoms with Crippen LogP contribution in [0.1, 0.15) is 40.5 Å². The fraction of sp³-hybridized carbons (Fsp3) is 0.818. The highest BCUT2D eigenvalue weighted by molar-refractivity contribution is 5.81. The molecule has 0 aliphatic rings. The molecule has 0 aliphatic carbocycles. The predicted molar refractivity (Wildman–Crippen MR) is 56.5 cm³/mol. The lowest BCUT2D eigenvalue weighted by atomic mass is 9.96. The van der Waals surface area contributed by atoms with Gasteiger partial charge in [-0.3, -0.25) is 4.79 Å². The molecule has 1 N–H and O–H groups in total. The maximum Gasteiger partial charge on any atom is 0.237 e. The first-order valence-electron chi connectivity index (χ1n) is 5.22. The van der Waals surface area contributed by atoms with Crippen molar-refractivity contribution < 1.29 is 4.79 Å². The second kappa shape index (κ2) is 6.42. The number of nitrogens with zero attached hydrogens (tertiary/aromatic N) is 1. The molecule has 0 saturated carbocycles. The topological polar surface area (TPSA) is 52.9 Å². The number of nitriles is 1. The first kappa shape index (κ1) is 13.0. The van der Waals surface area contributed by atoms with E-state index in [0.717, 1.165) is 12.8 Å². The first-order valence-corrected chi connectivity index (χ1v) is 5.22. The molecule has 1 amide bonds. The Morgan fingerprint density at radius 3 is 2.36 bits per heavy atom. The van der Waals surface area contributed by atoms with Crippen molar-refractivity contribution in [2.24, 2.45) is 11.8 Å². The van der Waals surface area contributed by atoms with Gasteiger partial charge in [0.25, 0.3) is 0 Å². The summed E-state index contributed by atoms with van der Waals surface area (Å²) < 4.78 is 0. The van der Waals surface area contributed by atoms with E-state index in [9.17, 15) is 4.79 Å². The summed E-state index contributed by atoms with van der Waals surface area (Å²) in [6, 6.07) is 2.21. The molecule has 0 aromatic heterocycles. The predicted octanol–water partition coefficient (Wildman–Crippen LogP) is 2.09. The summed E-state index contributed by atoms with van der Waals surface area (Å²) in [4.78, 5) is 11.6. The quantitative estimate of drug-likeness (QED) is 0.732. The van der Waals surface area contributed by atoms with Crippen LogP contribution in [0, 0.1) is 23.2 Å². The van der Waals surface area contributed by atoms with Crippen LogP contribution in [0.2, 0.25) is 0 Å².